The van der Waals surface area contributed by atoms with Crippen molar-refractivity contribution in [2.45, 2.75) is 37.1 Å². The molecule has 1 aromatic carbocycles. The molecule has 3 rings (SSSR count). The van der Waals surface area contributed by atoms with E-state index in [1.807, 2.05) is 13.0 Å². The molecule has 1 N–H and O–H groups in total. The predicted molar refractivity (Wildman–Crippen MR) is 93.0 cm³/mol. The average molecular weight is 376 g/mol. The summed E-state index contributed by atoms with van der Waals surface area (Å²) in [6.45, 7) is 3.02. The second kappa shape index (κ2) is 7.86. The molecule has 138 valence electrons. The Bertz CT molecular complexity index is 886. The van der Waals surface area contributed by atoms with Gasteiger partial charge < -0.3 is 9.47 Å². The third-order valence-corrected chi connectivity index (χ3v) is 5.64. The molecule has 1 aromatic heterocycles. The van der Waals surface area contributed by atoms with E-state index in [0.717, 1.165) is 0 Å². The lowest BCUT2D eigenvalue weighted by atomic mass is 10.1. The Hall–Kier alpha value is -2.41. The smallest absolute Gasteiger partial charge is 0.258 e. The molecule has 1 fully saturated rings. The Labute approximate surface area is 152 Å². The Balaban J connectivity index is 1.75. The third kappa shape index (κ3) is 4.04. The first kappa shape index (κ1) is 18.4. The molecule has 26 heavy (non-hydrogen) atoms. The van der Waals surface area contributed by atoms with Gasteiger partial charge in [-0.3, -0.25) is 4.68 Å². The number of nitrogens with zero attached hydrogens (tertiary/aromatic N) is 3. The summed E-state index contributed by atoms with van der Waals surface area (Å²) in [7, 11) is -3.72. The number of nitriles is 1. The molecule has 0 radical (unpaired) electrons. The summed E-state index contributed by atoms with van der Waals surface area (Å²) < 4.78 is 40.9. The van der Waals surface area contributed by atoms with E-state index >= 15 is 0 Å². The second-order valence-corrected chi connectivity index (χ2v) is 7.53. The van der Waals surface area contributed by atoms with Gasteiger partial charge in [0.05, 0.1) is 30.5 Å². The van der Waals surface area contributed by atoms with Crippen molar-refractivity contribution in [2.75, 3.05) is 13.2 Å². The fourth-order valence-corrected chi connectivity index (χ4v) is 4.27. The molecule has 8 nitrogen and oxygen atoms in total. The van der Waals surface area contributed by atoms with Crippen LogP contribution in [0.1, 0.15) is 18.9 Å². The zero-order valence-electron chi connectivity index (χ0n) is 14.3. The summed E-state index contributed by atoms with van der Waals surface area (Å²) in [5, 5.41) is 13.0. The van der Waals surface area contributed by atoms with Crippen LogP contribution in [0.4, 0.5) is 0 Å². The maximum atomic E-state index is 12.7. The highest BCUT2D eigenvalue weighted by molar-refractivity contribution is 7.89. The van der Waals surface area contributed by atoms with Crippen molar-refractivity contribution >= 4 is 10.0 Å². The Morgan fingerprint density at radius 3 is 2.85 bits per heavy atom. The Kier molecular flexibility index (Phi) is 5.56. The van der Waals surface area contributed by atoms with Crippen molar-refractivity contribution in [1.29, 1.82) is 5.26 Å². The van der Waals surface area contributed by atoms with E-state index in [1.165, 1.54) is 16.9 Å². The van der Waals surface area contributed by atoms with Gasteiger partial charge in [-0.25, -0.2) is 13.1 Å². The summed E-state index contributed by atoms with van der Waals surface area (Å²) >= 11 is 0. The van der Waals surface area contributed by atoms with Crippen molar-refractivity contribution in [2.24, 2.45) is 0 Å². The van der Waals surface area contributed by atoms with Gasteiger partial charge in [0.15, 0.2) is 5.03 Å². The summed E-state index contributed by atoms with van der Waals surface area (Å²) in [6, 6.07) is 9.76. The average Bonchev–Trinajstić information content (AvgIpc) is 3.14. The predicted octanol–water partition coefficient (Wildman–Crippen LogP) is 1.29. The molecular weight excluding hydrogens is 356 g/mol. The molecular formula is C17H20N4O4S. The lowest BCUT2D eigenvalue weighted by Gasteiger charge is -2.32. The highest BCUT2D eigenvalue weighted by Gasteiger charge is 2.32. The summed E-state index contributed by atoms with van der Waals surface area (Å²) in [5.41, 5.74) is 0.530. The molecule has 0 saturated carbocycles. The number of aromatic nitrogens is 2. The molecule has 2 aromatic rings. The van der Waals surface area contributed by atoms with Gasteiger partial charge in [0.2, 0.25) is 0 Å². The van der Waals surface area contributed by atoms with E-state index in [0.29, 0.717) is 30.9 Å². The lowest BCUT2D eigenvalue weighted by Crippen LogP contribution is -2.51. The molecule has 1 aliphatic heterocycles. The van der Waals surface area contributed by atoms with Crippen molar-refractivity contribution in [3.05, 3.63) is 42.1 Å². The topological polar surface area (TPSA) is 106 Å². The van der Waals surface area contributed by atoms with Crippen LogP contribution in [0, 0.1) is 11.3 Å². The van der Waals surface area contributed by atoms with Crippen LogP contribution in [-0.4, -0.2) is 43.6 Å². The molecule has 2 atom stereocenters. The van der Waals surface area contributed by atoms with Gasteiger partial charge in [-0.05, 0) is 43.7 Å². The molecule has 1 aliphatic rings. The van der Waals surface area contributed by atoms with Crippen molar-refractivity contribution in [3.8, 4) is 11.8 Å². The van der Waals surface area contributed by atoms with E-state index in [-0.39, 0.29) is 11.6 Å². The van der Waals surface area contributed by atoms with Gasteiger partial charge >= 0.3 is 0 Å². The number of benzene rings is 1. The molecule has 0 unspecified atom stereocenters. The van der Waals surface area contributed by atoms with Gasteiger partial charge in [-0.2, -0.15) is 10.4 Å². The second-order valence-electron chi connectivity index (χ2n) is 5.87. The molecule has 0 spiro atoms. The van der Waals surface area contributed by atoms with E-state index in [9.17, 15) is 8.42 Å². The van der Waals surface area contributed by atoms with E-state index in [4.69, 9.17) is 14.7 Å². The fourth-order valence-electron chi connectivity index (χ4n) is 2.79. The zero-order chi connectivity index (χ0) is 18.6. The minimum absolute atomic E-state index is 0.128. The summed E-state index contributed by atoms with van der Waals surface area (Å²) in [4.78, 5) is 0. The summed E-state index contributed by atoms with van der Waals surface area (Å²) in [6.07, 6.45) is 1.50. The van der Waals surface area contributed by atoms with Crippen molar-refractivity contribution in [1.82, 2.24) is 14.5 Å². The normalized spacial score (nSPS) is 20.5. The fraction of sp³-hybridized carbons (Fsp3) is 0.412. The SMILES string of the molecule is CCn1nccc1S(=O)(=O)N[C@@H]1CCOC[C@H]1Oc1ccc(C#N)cc1. The van der Waals surface area contributed by atoms with Gasteiger partial charge in [0.25, 0.3) is 10.0 Å². The van der Waals surface area contributed by atoms with Gasteiger partial charge in [0.1, 0.15) is 11.9 Å². The molecule has 2 heterocycles. The van der Waals surface area contributed by atoms with Crippen LogP contribution in [0.25, 0.3) is 0 Å². The number of hydrogen-bond donors (Lipinski definition) is 1. The molecule has 0 bridgehead atoms. The lowest BCUT2D eigenvalue weighted by molar-refractivity contribution is -0.00929. The summed E-state index contributed by atoms with van der Waals surface area (Å²) in [5.74, 6) is 0.558. The highest BCUT2D eigenvalue weighted by atomic mass is 32.2. The zero-order valence-corrected chi connectivity index (χ0v) is 15.1. The van der Waals surface area contributed by atoms with Crippen LogP contribution < -0.4 is 9.46 Å². The number of sulfonamides is 1. The van der Waals surface area contributed by atoms with Crippen molar-refractivity contribution < 1.29 is 17.9 Å². The number of hydrogen-bond acceptors (Lipinski definition) is 6. The van der Waals surface area contributed by atoms with Crippen LogP contribution in [0.15, 0.2) is 41.6 Å². The number of nitrogens with one attached hydrogen (secondary N) is 1. The first-order chi connectivity index (χ1) is 12.5. The van der Waals surface area contributed by atoms with Gasteiger partial charge in [0, 0.05) is 13.2 Å². The van der Waals surface area contributed by atoms with Crippen molar-refractivity contribution in [3.63, 3.8) is 0 Å². The number of ether oxygens (including phenoxy) is 2. The first-order valence-corrected chi connectivity index (χ1v) is 9.80. The van der Waals surface area contributed by atoms with Crippen LogP contribution in [0.5, 0.6) is 5.75 Å². The Morgan fingerprint density at radius 1 is 1.38 bits per heavy atom. The maximum absolute atomic E-state index is 12.7. The quantitative estimate of drug-likeness (QED) is 0.814. The maximum Gasteiger partial charge on any atom is 0.258 e. The standard InChI is InChI=1S/C17H20N4O4S/c1-2-21-17(7-9-19-21)26(22,23)20-15-8-10-24-12-16(15)25-14-5-3-13(11-18)4-6-14/h3-7,9,15-16,20H,2,8,10,12H2,1H3/t15-,16-/m1/s1. The van der Waals surface area contributed by atoms with E-state index in [1.54, 1.807) is 24.3 Å². The number of aryl methyl sites for hydroxylation is 1. The third-order valence-electron chi connectivity index (χ3n) is 4.13. The van der Waals surface area contributed by atoms with Gasteiger partial charge in [-0.15, -0.1) is 0 Å². The minimum Gasteiger partial charge on any atom is -0.486 e. The first-order valence-electron chi connectivity index (χ1n) is 8.32. The van der Waals surface area contributed by atoms with Crippen LogP contribution in [-0.2, 0) is 21.3 Å². The molecule has 1 saturated heterocycles. The monoisotopic (exact) mass is 376 g/mol. The molecule has 0 amide bonds. The van der Waals surface area contributed by atoms with E-state index < -0.39 is 22.2 Å². The number of rotatable bonds is 6. The van der Waals surface area contributed by atoms with Crippen LogP contribution in [0.2, 0.25) is 0 Å². The molecule has 0 aliphatic carbocycles. The highest BCUT2D eigenvalue weighted by Crippen LogP contribution is 2.20. The largest absolute Gasteiger partial charge is 0.486 e. The van der Waals surface area contributed by atoms with E-state index in [2.05, 4.69) is 9.82 Å². The van der Waals surface area contributed by atoms with Crippen LogP contribution in [0.3, 0.4) is 0 Å². The van der Waals surface area contributed by atoms with Crippen LogP contribution >= 0.6 is 0 Å². The minimum atomic E-state index is -3.72. The van der Waals surface area contributed by atoms with Gasteiger partial charge in [-0.1, -0.05) is 0 Å². The Morgan fingerprint density at radius 2 is 2.15 bits per heavy atom. The molecule has 9 heteroatoms.